The Balaban J connectivity index is 1.58. The second-order valence-electron chi connectivity index (χ2n) is 13.5. The molecule has 1 aromatic carbocycles. The van der Waals surface area contributed by atoms with E-state index >= 15 is 13.2 Å². The first-order valence-corrected chi connectivity index (χ1v) is 17.3. The Labute approximate surface area is 291 Å². The lowest BCUT2D eigenvalue weighted by Gasteiger charge is -2.38. The number of ether oxygens (including phenoxy) is 1. The van der Waals surface area contributed by atoms with E-state index in [-0.39, 0.29) is 29.7 Å². The number of hydrogen-bond donors (Lipinski definition) is 3. The van der Waals surface area contributed by atoms with Gasteiger partial charge in [-0.05, 0) is 56.5 Å². The maximum absolute atomic E-state index is 15.8. The normalized spacial score (nSPS) is 18.6. The molecule has 50 heavy (non-hydrogen) atoms. The minimum atomic E-state index is -4.05. The highest BCUT2D eigenvalue weighted by Crippen LogP contribution is 2.36. The van der Waals surface area contributed by atoms with Crippen molar-refractivity contribution in [3.63, 3.8) is 0 Å². The summed E-state index contributed by atoms with van der Waals surface area (Å²) in [4.78, 5) is 60.8. The lowest BCUT2D eigenvalue weighted by Crippen LogP contribution is -2.61. The van der Waals surface area contributed by atoms with Gasteiger partial charge in [0.25, 0.3) is 5.91 Å². The summed E-state index contributed by atoms with van der Waals surface area (Å²) < 4.78 is 51.8. The van der Waals surface area contributed by atoms with Crippen LogP contribution in [0, 0.1) is 11.7 Å². The van der Waals surface area contributed by atoms with Crippen LogP contribution in [0.4, 0.5) is 18.9 Å². The molecule has 14 heteroatoms. The Kier molecular flexibility index (Phi) is 12.9. The van der Waals surface area contributed by atoms with Crippen LogP contribution in [-0.2, 0) is 25.1 Å². The van der Waals surface area contributed by atoms with Gasteiger partial charge in [-0.25, -0.2) is 4.39 Å². The highest BCUT2D eigenvalue weighted by molar-refractivity contribution is 6.01. The number of piperazine rings is 1. The average molecular weight is 703 g/mol. The molecule has 0 bridgehead atoms. The molecule has 2 aromatic rings. The van der Waals surface area contributed by atoms with E-state index in [1.807, 2.05) is 7.05 Å². The first-order valence-electron chi connectivity index (χ1n) is 17.3. The monoisotopic (exact) mass is 702 g/mol. The molecule has 1 aliphatic heterocycles. The smallest absolute Gasteiger partial charge is 0.351 e. The van der Waals surface area contributed by atoms with Gasteiger partial charge < -0.3 is 30.5 Å². The van der Waals surface area contributed by atoms with Gasteiger partial charge in [-0.1, -0.05) is 45.6 Å². The van der Waals surface area contributed by atoms with E-state index in [4.69, 9.17) is 4.74 Å². The fraction of sp³-hybridized carbons (Fsp3) is 0.583. The molecule has 1 saturated heterocycles. The van der Waals surface area contributed by atoms with E-state index in [0.29, 0.717) is 44.6 Å². The number of carbonyl (C=O) groups excluding carboxylic acids is 4. The third kappa shape index (κ3) is 8.93. The number of aromatic nitrogens is 1. The number of hydrogen-bond acceptors (Lipinski definition) is 7. The second-order valence-corrected chi connectivity index (χ2v) is 13.5. The Morgan fingerprint density at radius 2 is 1.66 bits per heavy atom. The number of carbonyl (C=O) groups is 4. The highest BCUT2D eigenvalue weighted by Gasteiger charge is 2.49. The molecule has 0 radical (unpaired) electrons. The van der Waals surface area contributed by atoms with Crippen molar-refractivity contribution in [2.24, 2.45) is 5.92 Å². The molecule has 3 N–H and O–H groups in total. The van der Waals surface area contributed by atoms with Gasteiger partial charge in [0.2, 0.25) is 17.7 Å². The molecule has 1 aromatic heterocycles. The van der Waals surface area contributed by atoms with Gasteiger partial charge in [0.15, 0.2) is 0 Å². The summed E-state index contributed by atoms with van der Waals surface area (Å²) in [6, 6.07) is 4.14. The van der Waals surface area contributed by atoms with Crippen LogP contribution in [0.3, 0.4) is 0 Å². The van der Waals surface area contributed by atoms with Crippen molar-refractivity contribution in [1.82, 2.24) is 25.4 Å². The number of pyridine rings is 1. The molecule has 1 aliphatic carbocycles. The van der Waals surface area contributed by atoms with Gasteiger partial charge in [0, 0.05) is 44.7 Å². The van der Waals surface area contributed by atoms with Crippen LogP contribution in [-0.4, -0.2) is 90.3 Å². The fourth-order valence-electron chi connectivity index (χ4n) is 6.61. The molecule has 2 fully saturated rings. The number of alkyl halides is 2. The number of amides is 4. The summed E-state index contributed by atoms with van der Waals surface area (Å²) in [5, 5.41) is 7.69. The standard InChI is InChI=1S/C36H49F3N6O5/c1-6-30(46)42-31(32(47)45-17-15-44(4)16-18-45)23(2)24-13-14-29(28(37)19-24)41-33(48)35(3,25-11-9-7-8-10-12-25)43-34(49)36(38,39)26-20-27(50-5)22-40-21-26/h13-14,19-23,25,31H,6-12,15-18H2,1-5H3,(H,41,48)(H,42,46)(H,43,49)/t23-,31+,35+/m0/s1. The number of benzene rings is 1. The molecule has 4 rings (SSSR count). The maximum atomic E-state index is 15.8. The van der Waals surface area contributed by atoms with Crippen molar-refractivity contribution in [3.8, 4) is 5.75 Å². The second kappa shape index (κ2) is 16.7. The quantitative estimate of drug-likeness (QED) is 0.276. The molecule has 11 nitrogen and oxygen atoms in total. The van der Waals surface area contributed by atoms with Gasteiger partial charge in [0.1, 0.15) is 23.1 Å². The van der Waals surface area contributed by atoms with E-state index in [1.54, 1.807) is 24.8 Å². The molecule has 0 unspecified atom stereocenters. The van der Waals surface area contributed by atoms with Gasteiger partial charge in [-0.3, -0.25) is 24.2 Å². The summed E-state index contributed by atoms with van der Waals surface area (Å²) in [5.74, 6) is -9.07. The number of likely N-dealkylation sites (N-methyl/N-ethyl adjacent to an activating group) is 1. The number of nitrogens with zero attached hydrogens (tertiary/aromatic N) is 3. The summed E-state index contributed by atoms with van der Waals surface area (Å²) >= 11 is 0. The topological polar surface area (TPSA) is 133 Å². The first kappa shape index (κ1) is 38.6. The van der Waals surface area contributed by atoms with Crippen LogP contribution in [0.1, 0.15) is 82.8 Å². The van der Waals surface area contributed by atoms with Gasteiger partial charge in [0.05, 0.1) is 24.6 Å². The molecule has 2 heterocycles. The Hall–Kier alpha value is -4.20. The molecular formula is C36H49F3N6O5. The van der Waals surface area contributed by atoms with Crippen molar-refractivity contribution in [1.29, 1.82) is 0 Å². The van der Waals surface area contributed by atoms with Gasteiger partial charge in [-0.15, -0.1) is 0 Å². The zero-order chi connectivity index (χ0) is 36.6. The number of halogens is 3. The highest BCUT2D eigenvalue weighted by atomic mass is 19.3. The van der Waals surface area contributed by atoms with Crippen LogP contribution < -0.4 is 20.7 Å². The van der Waals surface area contributed by atoms with Crippen molar-refractivity contribution < 1.29 is 37.1 Å². The van der Waals surface area contributed by atoms with E-state index in [9.17, 15) is 19.2 Å². The lowest BCUT2D eigenvalue weighted by atomic mass is 9.79. The van der Waals surface area contributed by atoms with Crippen molar-refractivity contribution in [2.45, 2.75) is 89.1 Å². The summed E-state index contributed by atoms with van der Waals surface area (Å²) in [6.45, 7) is 7.17. The predicted octanol–water partition coefficient (Wildman–Crippen LogP) is 4.58. The van der Waals surface area contributed by atoms with Crippen LogP contribution in [0.5, 0.6) is 5.75 Å². The van der Waals surface area contributed by atoms with Crippen molar-refractivity contribution >= 4 is 29.3 Å². The first-order chi connectivity index (χ1) is 23.7. The van der Waals surface area contributed by atoms with Gasteiger partial charge in [-0.2, -0.15) is 8.78 Å². The van der Waals surface area contributed by atoms with E-state index < -0.39 is 52.5 Å². The SMILES string of the molecule is CCC(=O)N[C@@H](C(=O)N1CCN(C)CC1)[C@@H](C)c1ccc(NC(=O)[C@](C)(NC(=O)C(F)(F)c2cncc(OC)c2)C2CCCCCC2)c(F)c1. The lowest BCUT2D eigenvalue weighted by molar-refractivity contribution is -0.152. The predicted molar refractivity (Wildman–Crippen MR) is 182 cm³/mol. The Morgan fingerprint density at radius 1 is 1.00 bits per heavy atom. The van der Waals surface area contributed by atoms with Crippen LogP contribution >= 0.6 is 0 Å². The van der Waals surface area contributed by atoms with E-state index in [0.717, 1.165) is 37.9 Å². The molecule has 1 saturated carbocycles. The number of rotatable bonds is 12. The van der Waals surface area contributed by atoms with E-state index in [2.05, 4.69) is 25.8 Å². The third-order valence-electron chi connectivity index (χ3n) is 10.1. The maximum Gasteiger partial charge on any atom is 0.351 e. The molecule has 2 aliphatic rings. The van der Waals surface area contributed by atoms with Crippen LogP contribution in [0.15, 0.2) is 36.7 Å². The average Bonchev–Trinajstić information content (AvgIpc) is 3.41. The largest absolute Gasteiger partial charge is 0.495 e. The minimum absolute atomic E-state index is 0.0373. The summed E-state index contributed by atoms with van der Waals surface area (Å²) in [6.07, 6.45) is 6.54. The van der Waals surface area contributed by atoms with Crippen molar-refractivity contribution in [2.75, 3.05) is 45.7 Å². The number of methoxy groups -OCH3 is 1. The number of anilines is 1. The van der Waals surface area contributed by atoms with Gasteiger partial charge >= 0.3 is 5.92 Å². The van der Waals surface area contributed by atoms with Crippen LogP contribution in [0.2, 0.25) is 0 Å². The molecule has 4 amide bonds. The fourth-order valence-corrected chi connectivity index (χ4v) is 6.61. The zero-order valence-electron chi connectivity index (χ0n) is 29.5. The molecule has 274 valence electrons. The van der Waals surface area contributed by atoms with Crippen LogP contribution in [0.25, 0.3) is 0 Å². The molecule has 0 spiro atoms. The Morgan fingerprint density at radius 3 is 2.26 bits per heavy atom. The summed E-state index contributed by atoms with van der Waals surface area (Å²) in [7, 11) is 3.25. The summed E-state index contributed by atoms with van der Waals surface area (Å²) in [5.41, 5.74) is -2.33. The number of nitrogens with one attached hydrogen (secondary N) is 3. The molecule has 3 atom stereocenters. The third-order valence-corrected chi connectivity index (χ3v) is 10.1. The Bertz CT molecular complexity index is 1530. The van der Waals surface area contributed by atoms with Crippen molar-refractivity contribution in [3.05, 3.63) is 53.6 Å². The van der Waals surface area contributed by atoms with E-state index in [1.165, 1.54) is 32.4 Å². The zero-order valence-corrected chi connectivity index (χ0v) is 29.5. The minimum Gasteiger partial charge on any atom is -0.495 e. The molecular weight excluding hydrogens is 653 g/mol.